The molecule has 1 aliphatic heterocycles. The van der Waals surface area contributed by atoms with Crippen molar-refractivity contribution in [3.63, 3.8) is 0 Å². The highest BCUT2D eigenvalue weighted by atomic mass is 15.6. The van der Waals surface area contributed by atoms with Crippen LogP contribution in [-0.4, -0.2) is 56.3 Å². The van der Waals surface area contributed by atoms with Gasteiger partial charge in [0, 0.05) is 44.6 Å². The predicted octanol–water partition coefficient (Wildman–Crippen LogP) is 1.94. The summed E-state index contributed by atoms with van der Waals surface area (Å²) in [7, 11) is 0. The molecule has 0 bridgehead atoms. The molecule has 3 aromatic rings. The van der Waals surface area contributed by atoms with Crippen molar-refractivity contribution in [1.29, 1.82) is 0 Å². The minimum absolute atomic E-state index is 0.362. The summed E-state index contributed by atoms with van der Waals surface area (Å²) in [5.41, 5.74) is 2.23. The summed E-state index contributed by atoms with van der Waals surface area (Å²) in [4.78, 5) is 8.96. The minimum Gasteiger partial charge on any atom is -0.337 e. The van der Waals surface area contributed by atoms with Crippen LogP contribution in [0, 0.1) is 0 Å². The Morgan fingerprint density at radius 3 is 2.48 bits per heavy atom. The molecule has 0 saturated carbocycles. The summed E-state index contributed by atoms with van der Waals surface area (Å²) in [6.07, 6.45) is 3.77. The van der Waals surface area contributed by atoms with Gasteiger partial charge in [0.1, 0.15) is 0 Å². The van der Waals surface area contributed by atoms with E-state index in [0.29, 0.717) is 6.04 Å². The molecule has 2 aromatic heterocycles. The zero-order valence-electron chi connectivity index (χ0n) is 14.2. The maximum absolute atomic E-state index is 4.24. The highest BCUT2D eigenvalue weighted by Gasteiger charge is 2.25. The molecule has 0 N–H and O–H groups in total. The zero-order chi connectivity index (χ0) is 17.1. The van der Waals surface area contributed by atoms with Crippen LogP contribution in [0.1, 0.15) is 18.5 Å². The summed E-state index contributed by atoms with van der Waals surface area (Å²) in [5, 5.41) is 12.3. The van der Waals surface area contributed by atoms with Crippen molar-refractivity contribution in [2.24, 2.45) is 0 Å². The Morgan fingerprint density at radius 2 is 1.76 bits per heavy atom. The smallest absolute Gasteiger partial charge is 0.250 e. The highest BCUT2D eigenvalue weighted by Crippen LogP contribution is 2.23. The molecule has 7 heteroatoms. The molecular formula is C18H21N7. The van der Waals surface area contributed by atoms with Gasteiger partial charge in [-0.3, -0.25) is 9.88 Å². The molecule has 0 radical (unpaired) electrons. The molecule has 1 unspecified atom stereocenters. The van der Waals surface area contributed by atoms with Gasteiger partial charge >= 0.3 is 0 Å². The van der Waals surface area contributed by atoms with E-state index >= 15 is 0 Å². The van der Waals surface area contributed by atoms with Crippen LogP contribution in [0.25, 0.3) is 5.69 Å². The number of aromatic nitrogens is 5. The van der Waals surface area contributed by atoms with E-state index < -0.39 is 0 Å². The van der Waals surface area contributed by atoms with E-state index in [9.17, 15) is 0 Å². The van der Waals surface area contributed by atoms with E-state index in [2.05, 4.69) is 43.3 Å². The van der Waals surface area contributed by atoms with Crippen molar-refractivity contribution in [3.05, 3.63) is 60.4 Å². The predicted molar refractivity (Wildman–Crippen MR) is 95.6 cm³/mol. The maximum Gasteiger partial charge on any atom is 0.250 e. The lowest BCUT2D eigenvalue weighted by Gasteiger charge is -2.38. The molecule has 1 fully saturated rings. The van der Waals surface area contributed by atoms with Gasteiger partial charge in [-0.25, -0.2) is 0 Å². The van der Waals surface area contributed by atoms with Crippen molar-refractivity contribution >= 4 is 5.95 Å². The van der Waals surface area contributed by atoms with Gasteiger partial charge in [-0.15, -0.1) is 0 Å². The Labute approximate surface area is 146 Å². The molecule has 1 aromatic carbocycles. The number of rotatable bonds is 4. The lowest BCUT2D eigenvalue weighted by molar-refractivity contribution is 0.197. The minimum atomic E-state index is 0.362. The van der Waals surface area contributed by atoms with E-state index in [4.69, 9.17) is 0 Å². The van der Waals surface area contributed by atoms with Crippen LogP contribution < -0.4 is 4.90 Å². The second kappa shape index (κ2) is 6.98. The first kappa shape index (κ1) is 15.7. The maximum atomic E-state index is 4.24. The number of tetrazole rings is 1. The summed E-state index contributed by atoms with van der Waals surface area (Å²) in [5.74, 6) is 0.805. The van der Waals surface area contributed by atoms with Gasteiger partial charge in [0.25, 0.3) is 0 Å². The molecule has 3 heterocycles. The van der Waals surface area contributed by atoms with Crippen molar-refractivity contribution in [2.45, 2.75) is 13.0 Å². The first-order valence-corrected chi connectivity index (χ1v) is 8.55. The Morgan fingerprint density at radius 1 is 0.960 bits per heavy atom. The first-order chi connectivity index (χ1) is 12.3. The summed E-state index contributed by atoms with van der Waals surface area (Å²) in [6, 6.07) is 14.5. The third-order valence-electron chi connectivity index (χ3n) is 4.77. The number of para-hydroxylation sites is 1. The normalized spacial score (nSPS) is 16.8. The third kappa shape index (κ3) is 3.23. The molecular weight excluding hydrogens is 314 g/mol. The quantitative estimate of drug-likeness (QED) is 0.726. The van der Waals surface area contributed by atoms with Crippen LogP contribution in [0.5, 0.6) is 0 Å². The monoisotopic (exact) mass is 335 g/mol. The molecule has 0 spiro atoms. The third-order valence-corrected chi connectivity index (χ3v) is 4.77. The standard InChI is InChI=1S/C18H21N7/c1-15(16-6-5-9-19-14-16)23-10-12-24(13-11-23)18-20-21-22-25(18)17-7-3-2-4-8-17/h2-9,14-15H,10-13H2,1H3. The second-order valence-corrected chi connectivity index (χ2v) is 6.21. The first-order valence-electron chi connectivity index (χ1n) is 8.55. The van der Waals surface area contributed by atoms with Gasteiger partial charge in [0.05, 0.1) is 5.69 Å². The van der Waals surface area contributed by atoms with Gasteiger partial charge in [-0.1, -0.05) is 29.4 Å². The van der Waals surface area contributed by atoms with Crippen LogP contribution in [-0.2, 0) is 0 Å². The van der Waals surface area contributed by atoms with Crippen molar-refractivity contribution in [3.8, 4) is 5.69 Å². The second-order valence-electron chi connectivity index (χ2n) is 6.21. The number of hydrogen-bond donors (Lipinski definition) is 0. The zero-order valence-corrected chi connectivity index (χ0v) is 14.2. The van der Waals surface area contributed by atoms with Gasteiger partial charge in [0.2, 0.25) is 5.95 Å². The van der Waals surface area contributed by atoms with E-state index in [0.717, 1.165) is 37.8 Å². The molecule has 25 heavy (non-hydrogen) atoms. The SMILES string of the molecule is CC(c1cccnc1)N1CCN(c2nnnn2-c2ccccc2)CC1. The van der Waals surface area contributed by atoms with Gasteiger partial charge in [-0.2, -0.15) is 4.68 Å². The fraction of sp³-hybridized carbons (Fsp3) is 0.333. The summed E-state index contributed by atoms with van der Waals surface area (Å²) < 4.78 is 1.81. The highest BCUT2D eigenvalue weighted by molar-refractivity contribution is 5.40. The number of benzene rings is 1. The molecule has 0 aliphatic carbocycles. The molecule has 0 amide bonds. The van der Waals surface area contributed by atoms with Crippen molar-refractivity contribution in [1.82, 2.24) is 30.1 Å². The molecule has 7 nitrogen and oxygen atoms in total. The molecule has 128 valence electrons. The van der Waals surface area contributed by atoms with Crippen molar-refractivity contribution < 1.29 is 0 Å². The topological polar surface area (TPSA) is 63.0 Å². The number of hydrogen-bond acceptors (Lipinski definition) is 6. The lowest BCUT2D eigenvalue weighted by Crippen LogP contribution is -2.48. The van der Waals surface area contributed by atoms with Gasteiger partial charge in [0.15, 0.2) is 0 Å². The largest absolute Gasteiger partial charge is 0.337 e. The van der Waals surface area contributed by atoms with Crippen LogP contribution in [0.3, 0.4) is 0 Å². The number of pyridine rings is 1. The molecule has 1 saturated heterocycles. The summed E-state index contributed by atoms with van der Waals surface area (Å²) >= 11 is 0. The Hall–Kier alpha value is -2.80. The Bertz CT molecular complexity index is 795. The number of piperazine rings is 1. The van der Waals surface area contributed by atoms with E-state index in [-0.39, 0.29) is 0 Å². The average molecular weight is 335 g/mol. The summed E-state index contributed by atoms with van der Waals surface area (Å²) in [6.45, 7) is 5.98. The number of nitrogens with zero attached hydrogens (tertiary/aromatic N) is 7. The fourth-order valence-electron chi connectivity index (χ4n) is 3.26. The average Bonchev–Trinajstić information content (AvgIpc) is 3.19. The molecule has 1 atom stereocenters. The van der Waals surface area contributed by atoms with Crippen LogP contribution in [0.2, 0.25) is 0 Å². The number of anilines is 1. The van der Waals surface area contributed by atoms with Crippen LogP contribution in [0.4, 0.5) is 5.95 Å². The van der Waals surface area contributed by atoms with E-state index in [1.807, 2.05) is 48.8 Å². The Kier molecular flexibility index (Phi) is 4.39. The van der Waals surface area contributed by atoms with E-state index in [1.165, 1.54) is 5.56 Å². The van der Waals surface area contributed by atoms with E-state index in [1.54, 1.807) is 4.68 Å². The molecule has 1 aliphatic rings. The molecule has 4 rings (SSSR count). The van der Waals surface area contributed by atoms with Gasteiger partial charge < -0.3 is 4.90 Å². The van der Waals surface area contributed by atoms with Gasteiger partial charge in [-0.05, 0) is 41.1 Å². The van der Waals surface area contributed by atoms with Crippen molar-refractivity contribution in [2.75, 3.05) is 31.1 Å². The van der Waals surface area contributed by atoms with Crippen LogP contribution in [0.15, 0.2) is 54.9 Å². The lowest BCUT2D eigenvalue weighted by atomic mass is 10.1. The Balaban J connectivity index is 1.46. The fourth-order valence-corrected chi connectivity index (χ4v) is 3.26. The van der Waals surface area contributed by atoms with Crippen LogP contribution >= 0.6 is 0 Å².